The number of carbonyl (C=O) groups is 1. The minimum absolute atomic E-state index is 0.288. The molecule has 17 heavy (non-hydrogen) atoms. The third-order valence-corrected chi connectivity index (χ3v) is 3.10. The van der Waals surface area contributed by atoms with Crippen molar-refractivity contribution in [2.75, 3.05) is 5.32 Å². The van der Waals surface area contributed by atoms with Crippen molar-refractivity contribution >= 4 is 34.5 Å². The molecule has 0 bridgehead atoms. The van der Waals surface area contributed by atoms with Gasteiger partial charge in [-0.15, -0.1) is 11.3 Å². The lowest BCUT2D eigenvalue weighted by molar-refractivity contribution is 0.103. The molecule has 1 amide bonds. The zero-order valence-corrected chi connectivity index (χ0v) is 10.0. The van der Waals surface area contributed by atoms with Gasteiger partial charge >= 0.3 is 0 Å². The summed E-state index contributed by atoms with van der Waals surface area (Å²) in [5, 5.41) is 11.8. The first-order valence-corrected chi connectivity index (χ1v) is 5.86. The molecule has 1 N–H and O–H groups in total. The molecule has 1 aromatic heterocycles. The molecule has 0 aliphatic carbocycles. The molecule has 0 saturated heterocycles. The van der Waals surface area contributed by atoms with E-state index >= 15 is 0 Å². The Morgan fingerprint density at radius 2 is 2.35 bits per heavy atom. The second-order valence-electron chi connectivity index (χ2n) is 3.13. The molecular formula is C11H6ClN3OS. The summed E-state index contributed by atoms with van der Waals surface area (Å²) in [6, 6.07) is 6.67. The number of halogens is 1. The summed E-state index contributed by atoms with van der Waals surface area (Å²) in [6.07, 6.45) is 1.47. The molecule has 84 valence electrons. The van der Waals surface area contributed by atoms with Gasteiger partial charge in [0, 0.05) is 0 Å². The second kappa shape index (κ2) is 4.95. The molecule has 0 spiro atoms. The van der Waals surface area contributed by atoms with Crippen LogP contribution in [-0.2, 0) is 0 Å². The summed E-state index contributed by atoms with van der Waals surface area (Å²) in [5.74, 6) is -0.288. The smallest absolute Gasteiger partial charge is 0.267 e. The van der Waals surface area contributed by atoms with Crippen molar-refractivity contribution < 1.29 is 4.79 Å². The molecule has 0 radical (unpaired) electrons. The minimum Gasteiger partial charge on any atom is -0.320 e. The van der Waals surface area contributed by atoms with E-state index in [0.29, 0.717) is 21.2 Å². The lowest BCUT2D eigenvalue weighted by Crippen LogP contribution is -2.10. The number of anilines is 1. The molecule has 0 unspecified atom stereocenters. The fourth-order valence-electron chi connectivity index (χ4n) is 1.20. The van der Waals surface area contributed by atoms with Crippen molar-refractivity contribution in [3.8, 4) is 6.07 Å². The predicted molar refractivity (Wildman–Crippen MR) is 66.2 cm³/mol. The summed E-state index contributed by atoms with van der Waals surface area (Å²) < 4.78 is 0. The number of amides is 1. The van der Waals surface area contributed by atoms with E-state index in [1.807, 2.05) is 6.07 Å². The van der Waals surface area contributed by atoms with Crippen molar-refractivity contribution in [3.63, 3.8) is 0 Å². The third kappa shape index (κ3) is 2.61. The van der Waals surface area contributed by atoms with Crippen LogP contribution in [0.5, 0.6) is 0 Å². The van der Waals surface area contributed by atoms with Gasteiger partial charge in [0.15, 0.2) is 0 Å². The Bertz CT molecular complexity index is 589. The number of thiazole rings is 1. The van der Waals surface area contributed by atoms with E-state index in [1.165, 1.54) is 23.6 Å². The van der Waals surface area contributed by atoms with Gasteiger partial charge in [0.2, 0.25) is 0 Å². The van der Waals surface area contributed by atoms with E-state index in [4.69, 9.17) is 16.9 Å². The lowest BCUT2D eigenvalue weighted by atomic mass is 10.2. The molecule has 2 rings (SSSR count). The van der Waals surface area contributed by atoms with Crippen molar-refractivity contribution in [1.29, 1.82) is 5.26 Å². The van der Waals surface area contributed by atoms with E-state index < -0.39 is 0 Å². The number of aromatic nitrogens is 1. The Kier molecular flexibility index (Phi) is 3.38. The first kappa shape index (κ1) is 11.6. The number of carbonyl (C=O) groups excluding carboxylic acids is 1. The summed E-state index contributed by atoms with van der Waals surface area (Å²) in [6.45, 7) is 0. The molecular weight excluding hydrogens is 258 g/mol. The van der Waals surface area contributed by atoms with Crippen LogP contribution < -0.4 is 5.32 Å². The highest BCUT2D eigenvalue weighted by Gasteiger charge is 2.10. The highest BCUT2D eigenvalue weighted by Crippen LogP contribution is 2.23. The fourth-order valence-corrected chi connectivity index (χ4v) is 1.88. The van der Waals surface area contributed by atoms with Crippen LogP contribution in [0.4, 0.5) is 5.69 Å². The van der Waals surface area contributed by atoms with Gasteiger partial charge < -0.3 is 5.32 Å². The van der Waals surface area contributed by atoms with Crippen LogP contribution in [0.15, 0.2) is 29.9 Å². The summed E-state index contributed by atoms with van der Waals surface area (Å²) in [4.78, 5) is 16.0. The average molecular weight is 264 g/mol. The summed E-state index contributed by atoms with van der Waals surface area (Å²) in [7, 11) is 0. The van der Waals surface area contributed by atoms with Crippen LogP contribution in [0.25, 0.3) is 0 Å². The number of nitriles is 1. The second-order valence-corrected chi connectivity index (χ2v) is 4.42. The monoisotopic (exact) mass is 263 g/mol. The lowest BCUT2D eigenvalue weighted by Gasteiger charge is -2.05. The van der Waals surface area contributed by atoms with Crippen molar-refractivity contribution in [2.45, 2.75) is 0 Å². The molecule has 0 saturated carbocycles. The first-order valence-electron chi connectivity index (χ1n) is 4.60. The maximum atomic E-state index is 11.7. The predicted octanol–water partition coefficient (Wildman–Crippen LogP) is 2.92. The van der Waals surface area contributed by atoms with Crippen LogP contribution in [0.3, 0.4) is 0 Å². The van der Waals surface area contributed by atoms with Crippen LogP contribution >= 0.6 is 22.9 Å². The van der Waals surface area contributed by atoms with E-state index in [2.05, 4.69) is 10.3 Å². The Balaban J connectivity index is 2.25. The minimum atomic E-state index is -0.288. The van der Waals surface area contributed by atoms with Crippen LogP contribution in [-0.4, -0.2) is 10.9 Å². The van der Waals surface area contributed by atoms with E-state index in [9.17, 15) is 4.79 Å². The fraction of sp³-hybridized carbons (Fsp3) is 0. The molecule has 2 aromatic rings. The highest BCUT2D eigenvalue weighted by molar-refractivity contribution is 7.11. The SMILES string of the molecule is N#Cc1ccc(Cl)c(NC(=O)c2cncs2)c1. The van der Waals surface area contributed by atoms with Crippen LogP contribution in [0.1, 0.15) is 15.2 Å². The third-order valence-electron chi connectivity index (χ3n) is 2.00. The Morgan fingerprint density at radius 3 is 3.00 bits per heavy atom. The molecule has 1 aromatic carbocycles. The van der Waals surface area contributed by atoms with Crippen molar-refractivity contribution in [1.82, 2.24) is 4.98 Å². The Hall–Kier alpha value is -1.90. The van der Waals surface area contributed by atoms with Gasteiger partial charge in [-0.3, -0.25) is 9.78 Å². The normalized spacial score (nSPS) is 9.65. The maximum Gasteiger partial charge on any atom is 0.267 e. The maximum absolute atomic E-state index is 11.7. The van der Waals surface area contributed by atoms with Gasteiger partial charge in [0.05, 0.1) is 34.1 Å². The van der Waals surface area contributed by atoms with Crippen molar-refractivity contribution in [3.05, 3.63) is 45.4 Å². The number of hydrogen-bond acceptors (Lipinski definition) is 4. The van der Waals surface area contributed by atoms with Crippen molar-refractivity contribution in [2.24, 2.45) is 0 Å². The average Bonchev–Trinajstić information content (AvgIpc) is 2.85. The van der Waals surface area contributed by atoms with Gasteiger partial charge in [-0.05, 0) is 18.2 Å². The van der Waals surface area contributed by atoms with Crippen LogP contribution in [0, 0.1) is 11.3 Å². The van der Waals surface area contributed by atoms with Gasteiger partial charge in [-0.1, -0.05) is 11.6 Å². The quantitative estimate of drug-likeness (QED) is 0.906. The molecule has 0 atom stereocenters. The van der Waals surface area contributed by atoms with E-state index in [1.54, 1.807) is 17.6 Å². The Labute approximate surface area is 106 Å². The zero-order chi connectivity index (χ0) is 12.3. The zero-order valence-electron chi connectivity index (χ0n) is 8.48. The number of nitrogens with zero attached hydrogens (tertiary/aromatic N) is 2. The van der Waals surface area contributed by atoms with E-state index in [0.717, 1.165) is 0 Å². The summed E-state index contributed by atoms with van der Waals surface area (Å²) in [5.41, 5.74) is 2.43. The van der Waals surface area contributed by atoms with Crippen LogP contribution in [0.2, 0.25) is 5.02 Å². The highest BCUT2D eigenvalue weighted by atomic mass is 35.5. The van der Waals surface area contributed by atoms with E-state index in [-0.39, 0.29) is 5.91 Å². The Morgan fingerprint density at radius 1 is 1.53 bits per heavy atom. The number of rotatable bonds is 2. The standard InChI is InChI=1S/C11H6ClN3OS/c12-8-2-1-7(4-13)3-9(8)15-11(16)10-5-14-6-17-10/h1-3,5-6H,(H,15,16). The first-order chi connectivity index (χ1) is 8.20. The molecule has 0 aliphatic rings. The largest absolute Gasteiger partial charge is 0.320 e. The molecule has 6 heteroatoms. The number of hydrogen-bond donors (Lipinski definition) is 1. The van der Waals surface area contributed by atoms with Gasteiger partial charge in [-0.2, -0.15) is 5.26 Å². The van der Waals surface area contributed by atoms with Gasteiger partial charge in [0.25, 0.3) is 5.91 Å². The number of nitrogens with one attached hydrogen (secondary N) is 1. The molecule has 1 heterocycles. The van der Waals surface area contributed by atoms with Gasteiger partial charge in [-0.25, -0.2) is 0 Å². The summed E-state index contributed by atoms with van der Waals surface area (Å²) >= 11 is 7.16. The molecule has 0 aliphatic heterocycles. The molecule has 0 fully saturated rings. The topological polar surface area (TPSA) is 65.8 Å². The molecule has 4 nitrogen and oxygen atoms in total. The number of benzene rings is 1. The van der Waals surface area contributed by atoms with Gasteiger partial charge in [0.1, 0.15) is 4.88 Å².